The fourth-order valence-corrected chi connectivity index (χ4v) is 10.1. The molecule has 0 saturated heterocycles. The zero-order chi connectivity index (χ0) is 18.0. The number of hydrogen-bond donors (Lipinski definition) is 1. The van der Waals surface area contributed by atoms with Crippen LogP contribution in [0.4, 0.5) is 0 Å². The van der Waals surface area contributed by atoms with Gasteiger partial charge in [0, 0.05) is 24.3 Å². The van der Waals surface area contributed by atoms with Crippen molar-refractivity contribution in [2.24, 2.45) is 0 Å². The smallest absolute Gasteiger partial charge is 0.148 e. The van der Waals surface area contributed by atoms with Crippen molar-refractivity contribution in [1.82, 2.24) is 0 Å². The van der Waals surface area contributed by atoms with Gasteiger partial charge in [-0.05, 0) is 12.5 Å². The molecule has 3 atom stereocenters. The van der Waals surface area contributed by atoms with Crippen LogP contribution in [0.1, 0.15) is 13.8 Å². The Balaban J connectivity index is 2.72. The van der Waals surface area contributed by atoms with E-state index >= 15 is 0 Å². The molecule has 0 aliphatic carbocycles. The highest BCUT2D eigenvalue weighted by Crippen LogP contribution is 2.56. The van der Waals surface area contributed by atoms with E-state index in [1.165, 1.54) is 0 Å². The van der Waals surface area contributed by atoms with Crippen molar-refractivity contribution >= 4 is 25.8 Å². The Kier molecular flexibility index (Phi) is 5.90. The van der Waals surface area contributed by atoms with Gasteiger partial charge in [0.25, 0.3) is 0 Å². The summed E-state index contributed by atoms with van der Waals surface area (Å²) >= 11 is 0. The Morgan fingerprint density at radius 1 is 0.833 bits per heavy atom. The van der Waals surface area contributed by atoms with E-state index in [-0.39, 0.29) is 11.2 Å². The first-order valence-corrected chi connectivity index (χ1v) is 13.9. The summed E-state index contributed by atoms with van der Waals surface area (Å²) in [6.45, 7) is 10.8. The predicted octanol–water partition coefficient (Wildman–Crippen LogP) is 4.48. The van der Waals surface area contributed by atoms with Gasteiger partial charge in [-0.1, -0.05) is 87.2 Å². The molecular weight excluding hydrogens is 331 g/mol. The molecule has 2 aromatic rings. The first-order chi connectivity index (χ1) is 11.2. The molecule has 0 amide bonds. The summed E-state index contributed by atoms with van der Waals surface area (Å²) in [6.07, 6.45) is -0.627. The predicted molar refractivity (Wildman–Crippen MR) is 108 cm³/mol. The maximum absolute atomic E-state index is 14.5. The summed E-state index contributed by atoms with van der Waals surface area (Å²) in [4.78, 5) is 0. The van der Waals surface area contributed by atoms with Crippen LogP contribution in [-0.2, 0) is 4.57 Å². The van der Waals surface area contributed by atoms with Gasteiger partial charge >= 0.3 is 0 Å². The van der Waals surface area contributed by atoms with Crippen molar-refractivity contribution < 1.29 is 9.67 Å². The molecule has 2 nitrogen and oxygen atoms in total. The van der Waals surface area contributed by atoms with Gasteiger partial charge in [0.05, 0.1) is 6.10 Å². The average Bonchev–Trinajstić information content (AvgIpc) is 2.55. The molecule has 0 spiro atoms. The summed E-state index contributed by atoms with van der Waals surface area (Å²) < 4.78 is 14.5. The first kappa shape index (κ1) is 19.2. The normalized spacial score (nSPS) is 16.4. The van der Waals surface area contributed by atoms with Crippen LogP contribution in [0.2, 0.25) is 25.2 Å². The van der Waals surface area contributed by atoms with Crippen molar-refractivity contribution in [1.29, 1.82) is 0 Å². The van der Waals surface area contributed by atoms with E-state index in [9.17, 15) is 9.67 Å². The lowest BCUT2D eigenvalue weighted by molar-refractivity contribution is 0.185. The molecular formula is C20H29O2PSi. The van der Waals surface area contributed by atoms with Crippen LogP contribution in [-0.4, -0.2) is 24.9 Å². The number of rotatable bonds is 6. The van der Waals surface area contributed by atoms with Crippen LogP contribution in [0.5, 0.6) is 0 Å². The molecule has 130 valence electrons. The highest BCUT2D eigenvalue weighted by atomic mass is 31.2. The SMILES string of the molecule is C[C@H](O)[C@H]([C@H](C)[Si](C)(C)C)P(=O)(c1ccccc1)c1ccccc1. The molecule has 0 saturated carbocycles. The van der Waals surface area contributed by atoms with Gasteiger partial charge in [-0.15, -0.1) is 0 Å². The standard InChI is InChI=1S/C20H29O2PSi/c1-16(21)20(17(2)24(3,4)5)23(22,18-12-8-6-9-13-18)19-14-10-7-11-15-19/h6-17,20-21H,1-5H3/t16-,17-,20+/m0/s1. The van der Waals surface area contributed by atoms with E-state index in [1.807, 2.05) is 60.7 Å². The second-order valence-corrected chi connectivity index (χ2v) is 16.3. The second-order valence-electron chi connectivity index (χ2n) is 7.71. The van der Waals surface area contributed by atoms with Gasteiger partial charge in [0.1, 0.15) is 7.14 Å². The Hall–Kier alpha value is -1.15. The third-order valence-corrected chi connectivity index (χ3v) is 12.3. The van der Waals surface area contributed by atoms with Crippen LogP contribution in [0.3, 0.4) is 0 Å². The molecule has 0 aromatic heterocycles. The molecule has 2 aromatic carbocycles. The summed E-state index contributed by atoms with van der Waals surface area (Å²) in [5.41, 5.74) is -0.0438. The van der Waals surface area contributed by atoms with Crippen LogP contribution in [0.15, 0.2) is 60.7 Å². The minimum absolute atomic E-state index is 0.226. The lowest BCUT2D eigenvalue weighted by Gasteiger charge is -2.40. The fourth-order valence-electron chi connectivity index (χ4n) is 3.34. The van der Waals surface area contributed by atoms with E-state index in [1.54, 1.807) is 6.92 Å². The fraction of sp³-hybridized carbons (Fsp3) is 0.400. The maximum Gasteiger partial charge on any atom is 0.148 e. The van der Waals surface area contributed by atoms with E-state index in [0.717, 1.165) is 10.6 Å². The van der Waals surface area contributed by atoms with E-state index < -0.39 is 21.3 Å². The second kappa shape index (κ2) is 7.39. The molecule has 4 heteroatoms. The Morgan fingerprint density at radius 3 is 1.50 bits per heavy atom. The largest absolute Gasteiger partial charge is 0.393 e. The van der Waals surface area contributed by atoms with Crippen molar-refractivity contribution in [3.8, 4) is 0 Å². The lowest BCUT2D eigenvalue weighted by Crippen LogP contribution is -2.43. The van der Waals surface area contributed by atoms with E-state index in [0.29, 0.717) is 0 Å². The molecule has 1 N–H and O–H groups in total. The minimum Gasteiger partial charge on any atom is -0.393 e. The maximum atomic E-state index is 14.5. The average molecular weight is 361 g/mol. The molecule has 0 radical (unpaired) electrons. The van der Waals surface area contributed by atoms with Crippen molar-refractivity contribution in [3.05, 3.63) is 60.7 Å². The highest BCUT2D eigenvalue weighted by Gasteiger charge is 2.46. The van der Waals surface area contributed by atoms with Gasteiger partial charge in [0.15, 0.2) is 0 Å². The van der Waals surface area contributed by atoms with Crippen LogP contribution in [0.25, 0.3) is 0 Å². The lowest BCUT2D eigenvalue weighted by atomic mass is 10.2. The quantitative estimate of drug-likeness (QED) is 0.609. The zero-order valence-corrected chi connectivity index (χ0v) is 17.2. The van der Waals surface area contributed by atoms with Gasteiger partial charge in [-0.25, -0.2) is 0 Å². The molecule has 0 unspecified atom stereocenters. The molecule has 2 rings (SSSR count). The van der Waals surface area contributed by atoms with Gasteiger partial charge in [-0.3, -0.25) is 0 Å². The first-order valence-electron chi connectivity index (χ1n) is 8.58. The Labute approximate surface area is 147 Å². The van der Waals surface area contributed by atoms with Crippen LogP contribution >= 0.6 is 7.14 Å². The molecule has 24 heavy (non-hydrogen) atoms. The van der Waals surface area contributed by atoms with E-state index in [4.69, 9.17) is 0 Å². The van der Waals surface area contributed by atoms with Crippen molar-refractivity contribution in [2.75, 3.05) is 0 Å². The summed E-state index contributed by atoms with van der Waals surface area (Å²) in [7, 11) is -4.55. The zero-order valence-electron chi connectivity index (χ0n) is 15.3. The van der Waals surface area contributed by atoms with Crippen molar-refractivity contribution in [2.45, 2.75) is 50.8 Å². The topological polar surface area (TPSA) is 37.3 Å². The Bertz CT molecular complexity index is 649. The van der Waals surface area contributed by atoms with Crippen molar-refractivity contribution in [3.63, 3.8) is 0 Å². The van der Waals surface area contributed by atoms with Gasteiger partial charge in [0.2, 0.25) is 0 Å². The number of benzene rings is 2. The summed E-state index contributed by atoms with van der Waals surface area (Å²) in [5, 5.41) is 12.3. The number of aliphatic hydroxyl groups is 1. The molecule has 0 aliphatic rings. The monoisotopic (exact) mass is 360 g/mol. The van der Waals surface area contributed by atoms with Crippen LogP contribution in [0, 0.1) is 0 Å². The van der Waals surface area contributed by atoms with Gasteiger partial charge < -0.3 is 9.67 Å². The number of hydrogen-bond acceptors (Lipinski definition) is 2. The van der Waals surface area contributed by atoms with Crippen LogP contribution < -0.4 is 10.6 Å². The molecule has 0 heterocycles. The molecule has 0 aliphatic heterocycles. The summed E-state index contributed by atoms with van der Waals surface area (Å²) in [5.74, 6) is 0. The molecule has 0 fully saturated rings. The summed E-state index contributed by atoms with van der Waals surface area (Å²) in [6, 6.07) is 19.4. The number of aliphatic hydroxyl groups excluding tert-OH is 1. The van der Waals surface area contributed by atoms with E-state index in [2.05, 4.69) is 26.6 Å². The minimum atomic E-state index is -2.96. The third kappa shape index (κ3) is 3.74. The van der Waals surface area contributed by atoms with Gasteiger partial charge in [-0.2, -0.15) is 0 Å². The molecule has 0 bridgehead atoms. The highest BCUT2D eigenvalue weighted by molar-refractivity contribution is 7.79. The third-order valence-electron chi connectivity index (χ3n) is 5.07. The Morgan fingerprint density at radius 2 is 1.21 bits per heavy atom.